The summed E-state index contributed by atoms with van der Waals surface area (Å²) in [5, 5.41) is 2.02. The fourth-order valence-corrected chi connectivity index (χ4v) is 5.83. The van der Waals surface area contributed by atoms with Crippen LogP contribution >= 0.6 is 11.3 Å². The highest BCUT2D eigenvalue weighted by Crippen LogP contribution is 2.41. The van der Waals surface area contributed by atoms with Crippen LogP contribution in [0.5, 0.6) is 0 Å². The standard InChI is InChI=1S/C25H28F2N2OSSi/c1-15-23(19-8-7-13-31-19)28-20-12-9-16(14-29(15)20)17-10-11-18(26)21(22(17)27)24(25(2,3)4)30-32(5)6/h7-14,24,32H,1-6H3. The fraction of sp³-hybridized carbons (Fsp3) is 0.320. The maximum Gasteiger partial charge on any atom is 0.171 e. The van der Waals surface area contributed by atoms with Gasteiger partial charge in [-0.3, -0.25) is 0 Å². The van der Waals surface area contributed by atoms with Gasteiger partial charge in [-0.1, -0.05) is 26.8 Å². The molecule has 1 unspecified atom stereocenters. The first kappa shape index (κ1) is 22.8. The molecule has 168 valence electrons. The van der Waals surface area contributed by atoms with Gasteiger partial charge in [0.05, 0.1) is 16.5 Å². The summed E-state index contributed by atoms with van der Waals surface area (Å²) < 4.78 is 38.9. The predicted molar refractivity (Wildman–Crippen MR) is 131 cm³/mol. The number of thiophene rings is 1. The normalized spacial score (nSPS) is 13.3. The lowest BCUT2D eigenvalue weighted by molar-refractivity contribution is 0.0796. The zero-order chi connectivity index (χ0) is 23.2. The van der Waals surface area contributed by atoms with Crippen molar-refractivity contribution in [3.05, 3.63) is 70.9 Å². The van der Waals surface area contributed by atoms with E-state index in [-0.39, 0.29) is 5.56 Å². The first-order valence-electron chi connectivity index (χ1n) is 10.7. The van der Waals surface area contributed by atoms with Crippen molar-refractivity contribution in [3.63, 3.8) is 0 Å². The van der Waals surface area contributed by atoms with Gasteiger partial charge in [0.25, 0.3) is 0 Å². The third kappa shape index (κ3) is 4.17. The van der Waals surface area contributed by atoms with Crippen LogP contribution in [0.3, 0.4) is 0 Å². The van der Waals surface area contributed by atoms with E-state index in [1.54, 1.807) is 11.3 Å². The topological polar surface area (TPSA) is 26.5 Å². The smallest absolute Gasteiger partial charge is 0.171 e. The Labute approximate surface area is 193 Å². The average molecular weight is 471 g/mol. The van der Waals surface area contributed by atoms with E-state index >= 15 is 4.39 Å². The molecule has 3 aromatic heterocycles. The monoisotopic (exact) mass is 470 g/mol. The van der Waals surface area contributed by atoms with E-state index in [0.717, 1.165) is 21.9 Å². The molecule has 0 aliphatic rings. The Morgan fingerprint density at radius 1 is 1.09 bits per heavy atom. The number of nitrogens with zero attached hydrogens (tertiary/aromatic N) is 2. The van der Waals surface area contributed by atoms with Crippen LogP contribution < -0.4 is 0 Å². The van der Waals surface area contributed by atoms with Crippen molar-refractivity contribution in [2.75, 3.05) is 0 Å². The number of aromatic nitrogens is 2. The van der Waals surface area contributed by atoms with Crippen molar-refractivity contribution in [1.82, 2.24) is 9.38 Å². The van der Waals surface area contributed by atoms with E-state index in [2.05, 4.69) is 0 Å². The number of halogens is 2. The summed E-state index contributed by atoms with van der Waals surface area (Å²) in [4.78, 5) is 5.83. The van der Waals surface area contributed by atoms with Crippen molar-refractivity contribution < 1.29 is 13.2 Å². The summed E-state index contributed by atoms with van der Waals surface area (Å²) in [7, 11) is -1.54. The first-order chi connectivity index (χ1) is 15.1. The van der Waals surface area contributed by atoms with Crippen molar-refractivity contribution in [2.24, 2.45) is 5.41 Å². The molecule has 0 N–H and O–H groups in total. The second-order valence-electron chi connectivity index (χ2n) is 9.42. The van der Waals surface area contributed by atoms with Gasteiger partial charge in [-0.2, -0.15) is 0 Å². The molecule has 0 spiro atoms. The SMILES string of the molecule is Cc1c(-c2cccs2)nc2ccc(-c3ccc(F)c(C(O[SiH](C)C)C(C)(C)C)c3F)cn12. The summed E-state index contributed by atoms with van der Waals surface area (Å²) in [5.74, 6) is -1.13. The van der Waals surface area contributed by atoms with Gasteiger partial charge in [-0.15, -0.1) is 11.3 Å². The van der Waals surface area contributed by atoms with Gasteiger partial charge in [-0.25, -0.2) is 13.8 Å². The maximum absolute atomic E-state index is 15.9. The van der Waals surface area contributed by atoms with Crippen LogP contribution in [0.4, 0.5) is 8.78 Å². The molecule has 0 radical (unpaired) electrons. The molecule has 3 nitrogen and oxygen atoms in total. The Balaban J connectivity index is 1.85. The zero-order valence-corrected chi connectivity index (χ0v) is 21.2. The molecule has 32 heavy (non-hydrogen) atoms. The van der Waals surface area contributed by atoms with Gasteiger partial charge in [0.15, 0.2) is 9.04 Å². The largest absolute Gasteiger partial charge is 0.413 e. The molecule has 4 aromatic rings. The molecule has 7 heteroatoms. The second kappa shape index (κ2) is 8.54. The van der Waals surface area contributed by atoms with Gasteiger partial charge in [0, 0.05) is 23.0 Å². The zero-order valence-electron chi connectivity index (χ0n) is 19.2. The van der Waals surface area contributed by atoms with E-state index in [4.69, 9.17) is 9.41 Å². The Morgan fingerprint density at radius 2 is 1.84 bits per heavy atom. The predicted octanol–water partition coefficient (Wildman–Crippen LogP) is 7.40. The average Bonchev–Trinajstić information content (AvgIpc) is 3.34. The lowest BCUT2D eigenvalue weighted by Crippen LogP contribution is -2.27. The lowest BCUT2D eigenvalue weighted by atomic mass is 9.83. The number of hydrogen-bond donors (Lipinski definition) is 0. The molecule has 0 saturated carbocycles. The van der Waals surface area contributed by atoms with Crippen molar-refractivity contribution >= 4 is 26.0 Å². The molecule has 4 rings (SSSR count). The van der Waals surface area contributed by atoms with Gasteiger partial charge in [0.1, 0.15) is 23.0 Å². The van der Waals surface area contributed by atoms with Crippen LogP contribution in [0, 0.1) is 24.0 Å². The minimum absolute atomic E-state index is 0.0120. The number of hydrogen-bond acceptors (Lipinski definition) is 3. The molecule has 0 aliphatic heterocycles. The highest BCUT2D eigenvalue weighted by Gasteiger charge is 2.33. The highest BCUT2D eigenvalue weighted by molar-refractivity contribution is 7.13. The van der Waals surface area contributed by atoms with Crippen molar-refractivity contribution in [2.45, 2.75) is 46.9 Å². The summed E-state index contributed by atoms with van der Waals surface area (Å²) >= 11 is 1.63. The maximum atomic E-state index is 15.9. The molecule has 1 aromatic carbocycles. The number of fused-ring (bicyclic) bond motifs is 1. The molecule has 0 aliphatic carbocycles. The third-order valence-electron chi connectivity index (χ3n) is 5.51. The Hall–Kier alpha value is -2.35. The van der Waals surface area contributed by atoms with E-state index in [1.165, 1.54) is 12.1 Å². The number of rotatable bonds is 5. The Morgan fingerprint density at radius 3 is 2.47 bits per heavy atom. The van der Waals surface area contributed by atoms with Crippen LogP contribution in [0.1, 0.15) is 38.1 Å². The number of aryl methyl sites for hydroxylation is 1. The van der Waals surface area contributed by atoms with Crippen LogP contribution in [-0.2, 0) is 4.43 Å². The summed E-state index contributed by atoms with van der Waals surface area (Å²) in [6, 6.07) is 10.6. The number of imidazole rings is 1. The summed E-state index contributed by atoms with van der Waals surface area (Å²) in [6.07, 6.45) is 1.22. The van der Waals surface area contributed by atoms with Crippen LogP contribution in [0.15, 0.2) is 48.0 Å². The van der Waals surface area contributed by atoms with Gasteiger partial charge >= 0.3 is 0 Å². The van der Waals surface area contributed by atoms with E-state index in [0.29, 0.717) is 11.1 Å². The summed E-state index contributed by atoms with van der Waals surface area (Å²) in [6.45, 7) is 11.9. The van der Waals surface area contributed by atoms with E-state index in [1.807, 2.05) is 81.0 Å². The number of benzene rings is 1. The molecule has 0 saturated heterocycles. The van der Waals surface area contributed by atoms with E-state index < -0.39 is 32.2 Å². The highest BCUT2D eigenvalue weighted by atomic mass is 32.1. The molecule has 3 heterocycles. The molecular weight excluding hydrogens is 442 g/mol. The summed E-state index contributed by atoms with van der Waals surface area (Å²) in [5.41, 5.74) is 3.28. The van der Waals surface area contributed by atoms with E-state index in [9.17, 15) is 4.39 Å². The Kier molecular flexibility index (Phi) is 6.09. The van der Waals surface area contributed by atoms with Crippen molar-refractivity contribution in [3.8, 4) is 21.7 Å². The lowest BCUT2D eigenvalue weighted by Gasteiger charge is -2.33. The van der Waals surface area contributed by atoms with Gasteiger partial charge in [-0.05, 0) is 61.1 Å². The quantitative estimate of drug-likeness (QED) is 0.284. The minimum Gasteiger partial charge on any atom is -0.413 e. The molecule has 1 atom stereocenters. The van der Waals surface area contributed by atoms with Crippen LogP contribution in [0.2, 0.25) is 13.1 Å². The Bertz CT molecular complexity index is 1260. The van der Waals surface area contributed by atoms with Gasteiger partial charge in [0.2, 0.25) is 0 Å². The van der Waals surface area contributed by atoms with Crippen LogP contribution in [-0.4, -0.2) is 18.4 Å². The van der Waals surface area contributed by atoms with Crippen LogP contribution in [0.25, 0.3) is 27.3 Å². The molecule has 0 fully saturated rings. The van der Waals surface area contributed by atoms with Crippen molar-refractivity contribution in [1.29, 1.82) is 0 Å². The number of pyridine rings is 1. The molecule has 0 amide bonds. The molecule has 0 bridgehead atoms. The minimum atomic E-state index is -1.54. The fourth-order valence-electron chi connectivity index (χ4n) is 3.98. The van der Waals surface area contributed by atoms with Gasteiger partial charge < -0.3 is 8.83 Å². The molecular formula is C25H28F2N2OSSi. The third-order valence-corrected chi connectivity index (χ3v) is 7.20. The second-order valence-corrected chi connectivity index (χ2v) is 12.7. The first-order valence-corrected chi connectivity index (χ1v) is 14.4.